The SMILES string of the molecule is NC1=NN2C(N)C1N2Nc1cc(F)cc(F)c1. The topological polar surface area (TPSA) is 82.9 Å². The Hall–Kier alpha value is -1.93. The van der Waals surface area contributed by atoms with Crippen molar-refractivity contribution in [3.05, 3.63) is 29.8 Å². The molecule has 1 saturated heterocycles. The lowest BCUT2D eigenvalue weighted by molar-refractivity contribution is -0.143. The molecular weight excluding hydrogens is 230 g/mol. The summed E-state index contributed by atoms with van der Waals surface area (Å²) < 4.78 is 25.9. The van der Waals surface area contributed by atoms with E-state index in [0.29, 0.717) is 5.84 Å². The molecule has 6 nitrogen and oxygen atoms in total. The predicted octanol–water partition coefficient (Wildman–Crippen LogP) is -0.237. The second kappa shape index (κ2) is 3.28. The Labute approximate surface area is 95.4 Å². The van der Waals surface area contributed by atoms with Crippen LogP contribution in [0.15, 0.2) is 23.3 Å². The number of hydrogen-bond donors (Lipinski definition) is 3. The molecule has 3 heterocycles. The lowest BCUT2D eigenvalue weighted by Crippen LogP contribution is -2.72. The van der Waals surface area contributed by atoms with E-state index < -0.39 is 11.6 Å². The van der Waals surface area contributed by atoms with Gasteiger partial charge in [0.1, 0.15) is 29.7 Å². The van der Waals surface area contributed by atoms with E-state index in [1.165, 1.54) is 22.4 Å². The van der Waals surface area contributed by atoms with Crippen LogP contribution in [0.25, 0.3) is 0 Å². The van der Waals surface area contributed by atoms with E-state index in [-0.39, 0.29) is 17.9 Å². The number of nitrogens with one attached hydrogen (secondary N) is 1. The number of nitrogens with two attached hydrogens (primary N) is 2. The largest absolute Gasteiger partial charge is 0.384 e. The number of rotatable bonds is 2. The summed E-state index contributed by atoms with van der Waals surface area (Å²) in [5.74, 6) is -0.941. The van der Waals surface area contributed by atoms with Gasteiger partial charge in [0.05, 0.1) is 5.69 Å². The van der Waals surface area contributed by atoms with Crippen LogP contribution in [-0.4, -0.2) is 28.3 Å². The van der Waals surface area contributed by atoms with Crippen LogP contribution in [0.4, 0.5) is 14.5 Å². The standard InChI is InChI=1S/C9H10F2N6/c10-4-1-5(11)3-6(2-4)14-16-7-8(12)15-17(16)9(7)13/h1-3,7,9,14H,13H2,(H2,12,15). The minimum Gasteiger partial charge on any atom is -0.384 e. The lowest BCUT2D eigenvalue weighted by atomic mass is 10.2. The summed E-state index contributed by atoms with van der Waals surface area (Å²) in [6.07, 6.45) is -0.319. The highest BCUT2D eigenvalue weighted by molar-refractivity contribution is 5.89. The zero-order valence-corrected chi connectivity index (χ0v) is 8.64. The molecule has 4 rings (SSSR count). The molecule has 2 unspecified atom stereocenters. The molecule has 17 heavy (non-hydrogen) atoms. The van der Waals surface area contributed by atoms with Crippen molar-refractivity contribution in [2.45, 2.75) is 12.2 Å². The van der Waals surface area contributed by atoms with E-state index >= 15 is 0 Å². The van der Waals surface area contributed by atoms with Crippen LogP contribution in [-0.2, 0) is 0 Å². The molecule has 0 spiro atoms. The number of benzene rings is 1. The zero-order valence-electron chi connectivity index (χ0n) is 8.64. The Bertz CT molecular complexity index is 484. The van der Waals surface area contributed by atoms with Crippen LogP contribution in [0.5, 0.6) is 0 Å². The van der Waals surface area contributed by atoms with Crippen molar-refractivity contribution in [2.24, 2.45) is 16.6 Å². The summed E-state index contributed by atoms with van der Waals surface area (Å²) in [7, 11) is 0. The highest BCUT2D eigenvalue weighted by atomic mass is 19.1. The first kappa shape index (κ1) is 10.2. The van der Waals surface area contributed by atoms with Crippen LogP contribution in [0.1, 0.15) is 0 Å². The molecule has 90 valence electrons. The Morgan fingerprint density at radius 2 is 1.88 bits per heavy atom. The second-order valence-electron chi connectivity index (χ2n) is 3.90. The first-order valence-electron chi connectivity index (χ1n) is 4.97. The number of hydrazone groups is 1. The zero-order chi connectivity index (χ0) is 12.2. The van der Waals surface area contributed by atoms with Gasteiger partial charge in [0.25, 0.3) is 0 Å². The Morgan fingerprint density at radius 1 is 1.24 bits per heavy atom. The van der Waals surface area contributed by atoms with Crippen molar-refractivity contribution in [1.29, 1.82) is 0 Å². The van der Waals surface area contributed by atoms with Gasteiger partial charge in [0.2, 0.25) is 0 Å². The molecule has 0 saturated carbocycles. The third-order valence-corrected chi connectivity index (χ3v) is 2.70. The summed E-state index contributed by atoms with van der Waals surface area (Å²) in [6.45, 7) is 0. The first-order chi connectivity index (χ1) is 8.06. The van der Waals surface area contributed by atoms with Gasteiger partial charge >= 0.3 is 0 Å². The Balaban J connectivity index is 1.78. The quantitative estimate of drug-likeness (QED) is 0.664. The van der Waals surface area contributed by atoms with Gasteiger partial charge in [-0.15, -0.1) is 10.2 Å². The summed E-state index contributed by atoms with van der Waals surface area (Å²) in [4.78, 5) is 0. The predicted molar refractivity (Wildman–Crippen MR) is 57.0 cm³/mol. The number of halogens is 2. The molecule has 3 aliphatic rings. The van der Waals surface area contributed by atoms with Crippen molar-refractivity contribution >= 4 is 11.5 Å². The lowest BCUT2D eigenvalue weighted by Gasteiger charge is -2.46. The highest BCUT2D eigenvalue weighted by Crippen LogP contribution is 2.30. The molecular formula is C9H10F2N6. The number of anilines is 1. The van der Waals surface area contributed by atoms with Gasteiger partial charge in [-0.2, -0.15) is 5.12 Å². The average Bonchev–Trinajstić information content (AvgIpc) is 2.70. The van der Waals surface area contributed by atoms with E-state index in [1.807, 2.05) is 0 Å². The van der Waals surface area contributed by atoms with E-state index in [9.17, 15) is 8.78 Å². The van der Waals surface area contributed by atoms with Crippen LogP contribution in [0.3, 0.4) is 0 Å². The van der Waals surface area contributed by atoms with Crippen LogP contribution < -0.4 is 16.9 Å². The maximum atomic E-state index is 13.0. The number of hydrazine groups is 2. The minimum absolute atomic E-state index is 0.273. The molecule has 3 aliphatic heterocycles. The normalized spacial score (nSPS) is 26.8. The van der Waals surface area contributed by atoms with E-state index in [1.54, 1.807) is 0 Å². The number of amidine groups is 1. The number of hydrogen-bond acceptors (Lipinski definition) is 6. The third kappa shape index (κ3) is 1.41. The van der Waals surface area contributed by atoms with Gasteiger partial charge in [0.15, 0.2) is 0 Å². The molecule has 1 fully saturated rings. The monoisotopic (exact) mass is 240 g/mol. The van der Waals surface area contributed by atoms with E-state index in [2.05, 4.69) is 10.5 Å². The van der Waals surface area contributed by atoms with Gasteiger partial charge in [0, 0.05) is 6.07 Å². The first-order valence-corrected chi connectivity index (χ1v) is 4.97. The summed E-state index contributed by atoms with van der Waals surface area (Å²) >= 11 is 0. The van der Waals surface area contributed by atoms with E-state index in [0.717, 1.165) is 6.07 Å². The van der Waals surface area contributed by atoms with Gasteiger partial charge in [-0.25, -0.2) is 8.78 Å². The van der Waals surface area contributed by atoms with Crippen molar-refractivity contribution < 1.29 is 8.78 Å². The van der Waals surface area contributed by atoms with Crippen molar-refractivity contribution in [2.75, 3.05) is 5.43 Å². The second-order valence-corrected chi connectivity index (χ2v) is 3.90. The molecule has 1 aromatic carbocycles. The van der Waals surface area contributed by atoms with Gasteiger partial charge < -0.3 is 11.5 Å². The van der Waals surface area contributed by atoms with Gasteiger partial charge in [-0.1, -0.05) is 0 Å². The molecule has 0 aromatic heterocycles. The summed E-state index contributed by atoms with van der Waals surface area (Å²) in [5, 5.41) is 6.89. The fraction of sp³-hybridized carbons (Fsp3) is 0.222. The van der Waals surface area contributed by atoms with Crippen LogP contribution in [0, 0.1) is 11.6 Å². The third-order valence-electron chi connectivity index (χ3n) is 2.70. The van der Waals surface area contributed by atoms with Crippen molar-refractivity contribution in [3.63, 3.8) is 0 Å². The maximum Gasteiger partial charge on any atom is 0.147 e. The van der Waals surface area contributed by atoms with Crippen molar-refractivity contribution in [3.8, 4) is 0 Å². The summed E-state index contributed by atoms with van der Waals surface area (Å²) in [6, 6.07) is 2.86. The van der Waals surface area contributed by atoms with Gasteiger partial charge in [-0.3, -0.25) is 5.43 Å². The maximum absolute atomic E-state index is 13.0. The number of nitrogens with zero attached hydrogens (tertiary/aromatic N) is 3. The summed E-state index contributed by atoms with van der Waals surface area (Å²) in [5.41, 5.74) is 14.4. The molecule has 0 radical (unpaired) electrons. The van der Waals surface area contributed by atoms with Gasteiger partial charge in [-0.05, 0) is 12.1 Å². The average molecular weight is 240 g/mol. The van der Waals surface area contributed by atoms with Crippen LogP contribution >= 0.6 is 0 Å². The highest BCUT2D eigenvalue weighted by Gasteiger charge is 2.53. The molecule has 0 amide bonds. The Morgan fingerprint density at radius 3 is 2.35 bits per heavy atom. The molecule has 1 aromatic rings. The smallest absolute Gasteiger partial charge is 0.147 e. The molecule has 2 bridgehead atoms. The molecule has 0 aliphatic carbocycles. The fourth-order valence-corrected chi connectivity index (χ4v) is 1.94. The molecule has 2 atom stereocenters. The Kier molecular flexibility index (Phi) is 1.98. The molecule has 5 N–H and O–H groups in total. The van der Waals surface area contributed by atoms with E-state index in [4.69, 9.17) is 11.5 Å². The van der Waals surface area contributed by atoms with Crippen molar-refractivity contribution in [1.82, 2.24) is 10.2 Å². The minimum atomic E-state index is -0.659. The van der Waals surface area contributed by atoms with Crippen LogP contribution in [0.2, 0.25) is 0 Å². The fourth-order valence-electron chi connectivity index (χ4n) is 1.94. The molecule has 8 heteroatoms.